The molecule has 0 spiro atoms. The maximum Gasteiger partial charge on any atom is 0.254 e. The zero-order valence-corrected chi connectivity index (χ0v) is 12.6. The van der Waals surface area contributed by atoms with Gasteiger partial charge in [0, 0.05) is 18.2 Å². The van der Waals surface area contributed by atoms with E-state index in [4.69, 9.17) is 0 Å². The van der Waals surface area contributed by atoms with E-state index < -0.39 is 9.84 Å². The lowest BCUT2D eigenvalue weighted by Crippen LogP contribution is -2.41. The molecule has 1 heterocycles. The summed E-state index contributed by atoms with van der Waals surface area (Å²) in [6.45, 7) is 2.70. The third-order valence-electron chi connectivity index (χ3n) is 3.68. The molecule has 0 bridgehead atoms. The molecule has 1 aliphatic heterocycles. The Morgan fingerprint density at radius 1 is 1.30 bits per heavy atom. The van der Waals surface area contributed by atoms with Crippen molar-refractivity contribution in [2.45, 2.75) is 32.2 Å². The van der Waals surface area contributed by atoms with Crippen molar-refractivity contribution in [1.29, 1.82) is 0 Å². The van der Waals surface area contributed by atoms with Crippen LogP contribution in [0.4, 0.5) is 0 Å². The van der Waals surface area contributed by atoms with Crippen molar-refractivity contribution in [2.24, 2.45) is 0 Å². The second-order valence-electron chi connectivity index (χ2n) is 5.27. The summed E-state index contributed by atoms with van der Waals surface area (Å²) < 4.78 is 23.3. The topological polar surface area (TPSA) is 54.5 Å². The van der Waals surface area contributed by atoms with Crippen LogP contribution in [0, 0.1) is 0 Å². The molecule has 5 heteroatoms. The maximum absolute atomic E-state index is 12.6. The van der Waals surface area contributed by atoms with Gasteiger partial charge in [-0.3, -0.25) is 4.79 Å². The van der Waals surface area contributed by atoms with E-state index in [0.29, 0.717) is 18.5 Å². The quantitative estimate of drug-likeness (QED) is 0.836. The van der Waals surface area contributed by atoms with E-state index in [0.717, 1.165) is 12.8 Å². The van der Waals surface area contributed by atoms with Gasteiger partial charge in [-0.25, -0.2) is 8.42 Å². The molecule has 1 fully saturated rings. The molecular weight excluding hydrogens is 274 g/mol. The summed E-state index contributed by atoms with van der Waals surface area (Å²) in [5.74, 6) is 0.249. The van der Waals surface area contributed by atoms with Crippen LogP contribution >= 0.6 is 0 Å². The van der Waals surface area contributed by atoms with E-state index in [-0.39, 0.29) is 23.5 Å². The highest BCUT2D eigenvalue weighted by molar-refractivity contribution is 7.91. The molecule has 0 N–H and O–H groups in total. The van der Waals surface area contributed by atoms with Crippen molar-refractivity contribution in [1.82, 2.24) is 4.90 Å². The summed E-state index contributed by atoms with van der Waals surface area (Å²) >= 11 is 0. The number of amides is 1. The molecule has 4 nitrogen and oxygen atoms in total. The Bertz CT molecular complexity index is 554. The first kappa shape index (κ1) is 15.0. The van der Waals surface area contributed by atoms with Crippen molar-refractivity contribution < 1.29 is 13.2 Å². The number of carbonyl (C=O) groups is 1. The van der Waals surface area contributed by atoms with Crippen LogP contribution in [0.5, 0.6) is 0 Å². The van der Waals surface area contributed by atoms with Gasteiger partial charge in [-0.05, 0) is 25.0 Å². The minimum Gasteiger partial charge on any atom is -0.335 e. The van der Waals surface area contributed by atoms with Crippen LogP contribution in [-0.2, 0) is 9.84 Å². The van der Waals surface area contributed by atoms with Gasteiger partial charge in [0.2, 0.25) is 0 Å². The fraction of sp³-hybridized carbons (Fsp3) is 0.533. The first-order valence-corrected chi connectivity index (χ1v) is 8.92. The van der Waals surface area contributed by atoms with Crippen LogP contribution in [0.2, 0.25) is 0 Å². The summed E-state index contributed by atoms with van der Waals surface area (Å²) in [6.07, 6.45) is 2.44. The lowest BCUT2D eigenvalue weighted by Gasteiger charge is -2.28. The first-order chi connectivity index (χ1) is 9.53. The number of hydrogen-bond acceptors (Lipinski definition) is 3. The normalized spacial score (nSPS) is 20.8. The zero-order valence-electron chi connectivity index (χ0n) is 11.8. The highest BCUT2D eigenvalue weighted by Crippen LogP contribution is 2.20. The molecule has 0 radical (unpaired) electrons. The largest absolute Gasteiger partial charge is 0.335 e. The molecule has 1 aliphatic rings. The molecule has 1 atom stereocenters. The predicted molar refractivity (Wildman–Crippen MR) is 79.4 cm³/mol. The third-order valence-corrected chi connectivity index (χ3v) is 5.43. The molecule has 0 aliphatic carbocycles. The Labute approximate surface area is 120 Å². The van der Waals surface area contributed by atoms with Gasteiger partial charge >= 0.3 is 0 Å². The number of sulfone groups is 1. The fourth-order valence-corrected chi connectivity index (χ4v) is 4.28. The Morgan fingerprint density at radius 2 is 2.00 bits per heavy atom. The second kappa shape index (κ2) is 6.39. The van der Waals surface area contributed by atoms with Crippen molar-refractivity contribution in [3.8, 4) is 0 Å². The van der Waals surface area contributed by atoms with Crippen LogP contribution < -0.4 is 0 Å². The monoisotopic (exact) mass is 295 g/mol. The average molecular weight is 295 g/mol. The number of benzene rings is 1. The second-order valence-corrected chi connectivity index (χ2v) is 7.50. The summed E-state index contributed by atoms with van der Waals surface area (Å²) in [5, 5.41) is 0. The molecule has 2 rings (SSSR count). The molecule has 110 valence electrons. The zero-order chi connectivity index (χ0) is 14.6. The van der Waals surface area contributed by atoms with Crippen molar-refractivity contribution in [3.05, 3.63) is 35.9 Å². The van der Waals surface area contributed by atoms with Gasteiger partial charge in [-0.2, -0.15) is 0 Å². The van der Waals surface area contributed by atoms with Crippen LogP contribution in [0.25, 0.3) is 0 Å². The van der Waals surface area contributed by atoms with Crippen molar-refractivity contribution in [3.63, 3.8) is 0 Å². The minimum atomic E-state index is -2.98. The molecule has 1 aromatic carbocycles. The Hall–Kier alpha value is -1.36. The molecule has 20 heavy (non-hydrogen) atoms. The summed E-state index contributed by atoms with van der Waals surface area (Å²) in [6, 6.07) is 8.93. The van der Waals surface area contributed by atoms with Gasteiger partial charge in [0.25, 0.3) is 5.91 Å². The maximum atomic E-state index is 12.6. The lowest BCUT2D eigenvalue weighted by atomic mass is 10.1. The van der Waals surface area contributed by atoms with Gasteiger partial charge in [0.05, 0.1) is 11.5 Å². The Kier molecular flexibility index (Phi) is 4.81. The van der Waals surface area contributed by atoms with Gasteiger partial charge in [0.1, 0.15) is 0 Å². The molecular formula is C15H21NO3S. The van der Waals surface area contributed by atoms with E-state index in [2.05, 4.69) is 6.92 Å². The van der Waals surface area contributed by atoms with Gasteiger partial charge in [0.15, 0.2) is 9.84 Å². The smallest absolute Gasteiger partial charge is 0.254 e. The Morgan fingerprint density at radius 3 is 2.55 bits per heavy atom. The fourth-order valence-electron chi connectivity index (χ4n) is 2.55. The van der Waals surface area contributed by atoms with E-state index >= 15 is 0 Å². The van der Waals surface area contributed by atoms with E-state index in [9.17, 15) is 13.2 Å². The Balaban J connectivity index is 2.17. The molecule has 1 saturated heterocycles. The highest BCUT2D eigenvalue weighted by atomic mass is 32.2. The number of nitrogens with zero attached hydrogens (tertiary/aromatic N) is 1. The lowest BCUT2D eigenvalue weighted by molar-refractivity contribution is 0.0694. The number of carbonyl (C=O) groups excluding carboxylic acids is 1. The van der Waals surface area contributed by atoms with E-state index in [1.165, 1.54) is 0 Å². The number of hydrogen-bond donors (Lipinski definition) is 0. The van der Waals surface area contributed by atoms with Crippen molar-refractivity contribution in [2.75, 3.05) is 18.1 Å². The van der Waals surface area contributed by atoms with Gasteiger partial charge < -0.3 is 4.90 Å². The molecule has 1 amide bonds. The molecule has 0 aromatic heterocycles. The minimum absolute atomic E-state index is 0.0545. The summed E-state index contributed by atoms with van der Waals surface area (Å²) in [4.78, 5) is 14.3. The average Bonchev–Trinajstić information content (AvgIpc) is 2.80. The van der Waals surface area contributed by atoms with Crippen LogP contribution in [0.1, 0.15) is 36.5 Å². The van der Waals surface area contributed by atoms with Crippen molar-refractivity contribution >= 4 is 15.7 Å². The molecule has 0 unspecified atom stereocenters. The number of unbranched alkanes of at least 4 members (excludes halogenated alkanes) is 1. The summed E-state index contributed by atoms with van der Waals surface area (Å²) in [5.41, 5.74) is 0.632. The molecule has 1 aromatic rings. The first-order valence-electron chi connectivity index (χ1n) is 7.10. The SMILES string of the molecule is CCCCN(C(=O)c1ccccc1)[C@@H]1CCS(=O)(=O)C1. The van der Waals surface area contributed by atoms with Gasteiger partial charge in [-0.15, -0.1) is 0 Å². The number of rotatable bonds is 5. The van der Waals surface area contributed by atoms with E-state index in [1.54, 1.807) is 17.0 Å². The standard InChI is InChI=1S/C15H21NO3S/c1-2-3-10-16(14-9-11-20(18,19)12-14)15(17)13-7-5-4-6-8-13/h4-8,14H,2-3,9-12H2,1H3/t14-/m1/s1. The predicted octanol–water partition coefficient (Wildman–Crippen LogP) is 2.12. The van der Waals surface area contributed by atoms with Crippen LogP contribution in [0.3, 0.4) is 0 Å². The third kappa shape index (κ3) is 3.60. The molecule has 0 saturated carbocycles. The van der Waals surface area contributed by atoms with Crippen LogP contribution in [0.15, 0.2) is 30.3 Å². The highest BCUT2D eigenvalue weighted by Gasteiger charge is 2.34. The van der Waals surface area contributed by atoms with E-state index in [1.807, 2.05) is 18.2 Å². The summed E-state index contributed by atoms with van der Waals surface area (Å²) in [7, 11) is -2.98. The van der Waals surface area contributed by atoms with Gasteiger partial charge in [-0.1, -0.05) is 31.5 Å². The van der Waals surface area contributed by atoms with Crippen LogP contribution in [-0.4, -0.2) is 43.3 Å².